The molecule has 1 unspecified atom stereocenters. The summed E-state index contributed by atoms with van der Waals surface area (Å²) in [4.78, 5) is 23.1. The minimum Gasteiger partial charge on any atom is -0.374 e. The van der Waals surface area contributed by atoms with Crippen molar-refractivity contribution in [3.8, 4) is 0 Å². The van der Waals surface area contributed by atoms with Crippen molar-refractivity contribution in [1.29, 1.82) is 0 Å². The number of benzene rings is 1. The van der Waals surface area contributed by atoms with E-state index in [-0.39, 0.29) is 6.42 Å². The van der Waals surface area contributed by atoms with Gasteiger partial charge in [-0.15, -0.1) is 0 Å². The number of Topliss-reactive ketones (excluding diaryl/α,β-unsaturated/α-hetero) is 2. The summed E-state index contributed by atoms with van der Waals surface area (Å²) in [5.74, 6) is -1.04. The van der Waals surface area contributed by atoms with E-state index < -0.39 is 17.2 Å². The van der Waals surface area contributed by atoms with Crippen molar-refractivity contribution in [3.05, 3.63) is 35.9 Å². The van der Waals surface area contributed by atoms with E-state index in [0.717, 1.165) is 0 Å². The first kappa shape index (κ1) is 11.6. The van der Waals surface area contributed by atoms with E-state index in [1.165, 1.54) is 6.92 Å². The van der Waals surface area contributed by atoms with E-state index in [9.17, 15) is 14.7 Å². The van der Waals surface area contributed by atoms with Crippen LogP contribution in [0.25, 0.3) is 0 Å². The van der Waals surface area contributed by atoms with Crippen LogP contribution >= 0.6 is 0 Å². The highest BCUT2D eigenvalue weighted by molar-refractivity contribution is 6.16. The molecule has 0 bridgehead atoms. The highest BCUT2D eigenvalue weighted by atomic mass is 16.3. The lowest BCUT2D eigenvalue weighted by Gasteiger charge is -2.21. The fraction of sp³-hybridized carbons (Fsp3) is 0.333. The molecule has 0 saturated carbocycles. The molecule has 0 saturated heterocycles. The van der Waals surface area contributed by atoms with Crippen LogP contribution in [-0.2, 0) is 4.79 Å². The third kappa shape index (κ3) is 2.13. The Morgan fingerprint density at radius 2 is 1.80 bits per heavy atom. The van der Waals surface area contributed by atoms with Gasteiger partial charge in [0.25, 0.3) is 0 Å². The van der Waals surface area contributed by atoms with Gasteiger partial charge in [0.05, 0.1) is 0 Å². The van der Waals surface area contributed by atoms with Gasteiger partial charge < -0.3 is 5.11 Å². The van der Waals surface area contributed by atoms with Crippen LogP contribution in [0.2, 0.25) is 0 Å². The van der Waals surface area contributed by atoms with E-state index in [1.807, 2.05) is 0 Å². The summed E-state index contributed by atoms with van der Waals surface area (Å²) in [6.07, 6.45) is 0.0933. The summed E-state index contributed by atoms with van der Waals surface area (Å²) in [5.41, 5.74) is -1.52. The van der Waals surface area contributed by atoms with Gasteiger partial charge in [-0.25, -0.2) is 0 Å². The highest BCUT2D eigenvalue weighted by Gasteiger charge is 2.39. The predicted octanol–water partition coefficient (Wildman–Crippen LogP) is 1.60. The zero-order valence-electron chi connectivity index (χ0n) is 8.86. The van der Waals surface area contributed by atoms with Gasteiger partial charge in [0, 0.05) is 5.56 Å². The number of aliphatic hydroxyl groups is 1. The molecule has 0 radical (unpaired) electrons. The Balaban J connectivity index is 3.08. The van der Waals surface area contributed by atoms with E-state index in [0.29, 0.717) is 5.56 Å². The Morgan fingerprint density at radius 1 is 1.27 bits per heavy atom. The van der Waals surface area contributed by atoms with E-state index in [1.54, 1.807) is 37.3 Å². The zero-order valence-corrected chi connectivity index (χ0v) is 8.86. The molecule has 0 fully saturated rings. The maximum Gasteiger partial charge on any atom is 0.201 e. The minimum absolute atomic E-state index is 0.0933. The quantitative estimate of drug-likeness (QED) is 0.601. The Kier molecular flexibility index (Phi) is 3.37. The first-order valence-electron chi connectivity index (χ1n) is 4.85. The van der Waals surface area contributed by atoms with Gasteiger partial charge in [0.2, 0.25) is 5.78 Å². The molecular weight excluding hydrogens is 192 g/mol. The molecule has 1 rings (SSSR count). The molecule has 3 nitrogen and oxygen atoms in total. The van der Waals surface area contributed by atoms with Crippen LogP contribution in [0, 0.1) is 0 Å². The van der Waals surface area contributed by atoms with Crippen LogP contribution in [0.3, 0.4) is 0 Å². The lowest BCUT2D eigenvalue weighted by Crippen LogP contribution is -2.44. The van der Waals surface area contributed by atoms with Crippen molar-refractivity contribution in [2.24, 2.45) is 0 Å². The maximum atomic E-state index is 11.9. The van der Waals surface area contributed by atoms with E-state index in [4.69, 9.17) is 0 Å². The lowest BCUT2D eigenvalue weighted by atomic mass is 9.87. The Hall–Kier alpha value is -1.48. The van der Waals surface area contributed by atoms with Crippen LogP contribution in [0.5, 0.6) is 0 Å². The van der Waals surface area contributed by atoms with Crippen molar-refractivity contribution in [2.45, 2.75) is 25.9 Å². The Labute approximate surface area is 88.7 Å². The predicted molar refractivity (Wildman–Crippen MR) is 56.7 cm³/mol. The summed E-state index contributed by atoms with van der Waals surface area (Å²) >= 11 is 0. The first-order chi connectivity index (χ1) is 7.02. The minimum atomic E-state index is -1.87. The smallest absolute Gasteiger partial charge is 0.201 e. The standard InChI is InChI=1S/C12H14O3/c1-3-12(15,9(2)13)11(14)10-7-5-4-6-8-10/h4-8,15H,3H2,1-2H3. The van der Waals surface area contributed by atoms with Crippen molar-refractivity contribution < 1.29 is 14.7 Å². The molecule has 0 aliphatic heterocycles. The van der Waals surface area contributed by atoms with Crippen molar-refractivity contribution in [1.82, 2.24) is 0 Å². The number of hydrogen-bond acceptors (Lipinski definition) is 3. The topological polar surface area (TPSA) is 54.4 Å². The van der Waals surface area contributed by atoms with Crippen LogP contribution in [0.4, 0.5) is 0 Å². The van der Waals surface area contributed by atoms with Crippen molar-refractivity contribution in [3.63, 3.8) is 0 Å². The summed E-state index contributed by atoms with van der Waals surface area (Å²) in [5, 5.41) is 9.92. The summed E-state index contributed by atoms with van der Waals surface area (Å²) in [7, 11) is 0. The molecular formula is C12H14O3. The number of hydrogen-bond donors (Lipinski definition) is 1. The van der Waals surface area contributed by atoms with Gasteiger partial charge in [0.15, 0.2) is 11.4 Å². The second-order valence-corrected chi connectivity index (χ2v) is 3.47. The van der Waals surface area contributed by atoms with Crippen molar-refractivity contribution in [2.75, 3.05) is 0 Å². The summed E-state index contributed by atoms with van der Waals surface area (Å²) in [6, 6.07) is 8.35. The SMILES string of the molecule is CCC(O)(C(C)=O)C(=O)c1ccccc1. The van der Waals surface area contributed by atoms with E-state index in [2.05, 4.69) is 0 Å². The fourth-order valence-corrected chi connectivity index (χ4v) is 1.40. The molecule has 1 N–H and O–H groups in total. The number of carbonyl (C=O) groups is 2. The number of ketones is 2. The molecule has 0 aliphatic carbocycles. The van der Waals surface area contributed by atoms with Crippen LogP contribution < -0.4 is 0 Å². The van der Waals surface area contributed by atoms with Crippen LogP contribution in [-0.4, -0.2) is 22.3 Å². The first-order valence-corrected chi connectivity index (χ1v) is 4.85. The van der Waals surface area contributed by atoms with Gasteiger partial charge in [-0.3, -0.25) is 9.59 Å². The van der Waals surface area contributed by atoms with Gasteiger partial charge >= 0.3 is 0 Å². The second-order valence-electron chi connectivity index (χ2n) is 3.47. The molecule has 0 aliphatic rings. The highest BCUT2D eigenvalue weighted by Crippen LogP contribution is 2.18. The van der Waals surface area contributed by atoms with Crippen molar-refractivity contribution >= 4 is 11.6 Å². The zero-order chi connectivity index (χ0) is 11.5. The van der Waals surface area contributed by atoms with Gasteiger partial charge in [-0.2, -0.15) is 0 Å². The average molecular weight is 206 g/mol. The number of carbonyl (C=O) groups excluding carboxylic acids is 2. The van der Waals surface area contributed by atoms with Crippen LogP contribution in [0.1, 0.15) is 30.6 Å². The maximum absolute atomic E-state index is 11.9. The molecule has 1 atom stereocenters. The summed E-state index contributed by atoms with van der Waals surface area (Å²) < 4.78 is 0. The van der Waals surface area contributed by atoms with Gasteiger partial charge in [0.1, 0.15) is 0 Å². The summed E-state index contributed by atoms with van der Waals surface area (Å²) in [6.45, 7) is 2.84. The molecule has 3 heteroatoms. The largest absolute Gasteiger partial charge is 0.374 e. The third-order valence-corrected chi connectivity index (χ3v) is 2.51. The lowest BCUT2D eigenvalue weighted by molar-refractivity contribution is -0.130. The second kappa shape index (κ2) is 4.36. The normalized spacial score (nSPS) is 14.3. The molecule has 0 spiro atoms. The van der Waals surface area contributed by atoms with Crippen LogP contribution in [0.15, 0.2) is 30.3 Å². The molecule has 0 heterocycles. The molecule has 1 aromatic rings. The van der Waals surface area contributed by atoms with E-state index >= 15 is 0 Å². The molecule has 0 aromatic heterocycles. The number of rotatable bonds is 4. The Morgan fingerprint density at radius 3 is 2.20 bits per heavy atom. The monoisotopic (exact) mass is 206 g/mol. The van der Waals surface area contributed by atoms with Gasteiger partial charge in [-0.1, -0.05) is 37.3 Å². The molecule has 1 aromatic carbocycles. The molecule has 80 valence electrons. The Bertz CT molecular complexity index is 370. The third-order valence-electron chi connectivity index (χ3n) is 2.51. The molecule has 15 heavy (non-hydrogen) atoms. The average Bonchev–Trinajstić information content (AvgIpc) is 2.28. The fourth-order valence-electron chi connectivity index (χ4n) is 1.40. The van der Waals surface area contributed by atoms with Gasteiger partial charge in [-0.05, 0) is 13.3 Å². The molecule has 0 amide bonds.